The van der Waals surface area contributed by atoms with Crippen LogP contribution < -0.4 is 19.5 Å². The van der Waals surface area contributed by atoms with Crippen molar-refractivity contribution in [2.24, 2.45) is 4.99 Å². The number of carbonyl (C=O) groups excluding carboxylic acids is 1. The molecule has 0 aromatic heterocycles. The molecule has 3 rings (SSSR count). The number of ether oxygens (including phenoxy) is 4. The second kappa shape index (κ2) is 7.57. The molecule has 2 aromatic rings. The molecule has 0 radical (unpaired) electrons. The van der Waals surface area contributed by atoms with Gasteiger partial charge in [0.05, 0.1) is 20.8 Å². The SMILES string of the molecule is COC(=NCc1ccc2c(c1)OCO2)NC(=O)c1ccc(OC)cc1. The summed E-state index contributed by atoms with van der Waals surface area (Å²) in [5.41, 5.74) is 1.39. The summed E-state index contributed by atoms with van der Waals surface area (Å²) in [6.45, 7) is 0.562. The molecule has 1 aliphatic heterocycles. The third-order valence-electron chi connectivity index (χ3n) is 3.61. The Morgan fingerprint density at radius 2 is 1.88 bits per heavy atom. The summed E-state index contributed by atoms with van der Waals surface area (Å²) in [6.07, 6.45) is 0. The lowest BCUT2D eigenvalue weighted by atomic mass is 10.2. The van der Waals surface area contributed by atoms with E-state index in [2.05, 4.69) is 10.3 Å². The standard InChI is InChI=1S/C18H18N2O5/c1-22-14-6-4-13(5-7-14)17(21)20-18(23-2)19-10-12-3-8-15-16(9-12)25-11-24-15/h3-9H,10-11H2,1-2H3,(H,19,20,21). The first-order chi connectivity index (χ1) is 12.2. The van der Waals surface area contributed by atoms with E-state index in [4.69, 9.17) is 18.9 Å². The van der Waals surface area contributed by atoms with Gasteiger partial charge in [-0.2, -0.15) is 0 Å². The summed E-state index contributed by atoms with van der Waals surface area (Å²) < 4.78 is 20.8. The topological polar surface area (TPSA) is 78.4 Å². The van der Waals surface area contributed by atoms with Crippen LogP contribution in [-0.4, -0.2) is 32.9 Å². The molecule has 0 unspecified atom stereocenters. The zero-order valence-electron chi connectivity index (χ0n) is 13.9. The lowest BCUT2D eigenvalue weighted by Crippen LogP contribution is -2.31. The van der Waals surface area contributed by atoms with Crippen LogP contribution in [0, 0.1) is 0 Å². The Labute approximate surface area is 145 Å². The molecule has 1 amide bonds. The van der Waals surface area contributed by atoms with Gasteiger partial charge in [-0.3, -0.25) is 10.1 Å². The van der Waals surface area contributed by atoms with Gasteiger partial charge in [0.25, 0.3) is 11.9 Å². The lowest BCUT2D eigenvalue weighted by Gasteiger charge is -2.08. The highest BCUT2D eigenvalue weighted by Gasteiger charge is 2.13. The Morgan fingerprint density at radius 1 is 1.12 bits per heavy atom. The third-order valence-corrected chi connectivity index (χ3v) is 3.61. The molecule has 25 heavy (non-hydrogen) atoms. The molecule has 0 saturated carbocycles. The van der Waals surface area contributed by atoms with Crippen LogP contribution in [0.2, 0.25) is 0 Å². The van der Waals surface area contributed by atoms with E-state index < -0.39 is 0 Å². The number of hydrogen-bond donors (Lipinski definition) is 1. The number of nitrogens with zero attached hydrogens (tertiary/aromatic N) is 1. The van der Waals surface area contributed by atoms with Crippen molar-refractivity contribution in [1.82, 2.24) is 5.32 Å². The third kappa shape index (κ3) is 4.00. The highest BCUT2D eigenvalue weighted by molar-refractivity contribution is 6.04. The number of benzene rings is 2. The van der Waals surface area contributed by atoms with Gasteiger partial charge in [-0.1, -0.05) is 6.07 Å². The summed E-state index contributed by atoms with van der Waals surface area (Å²) >= 11 is 0. The maximum atomic E-state index is 12.2. The van der Waals surface area contributed by atoms with E-state index in [0.717, 1.165) is 5.56 Å². The normalized spacial score (nSPS) is 12.6. The number of rotatable bonds is 4. The molecule has 0 bridgehead atoms. The number of amidine groups is 1. The van der Waals surface area contributed by atoms with Crippen LogP contribution in [0.25, 0.3) is 0 Å². The molecule has 0 atom stereocenters. The van der Waals surface area contributed by atoms with Gasteiger partial charge in [0.1, 0.15) is 5.75 Å². The van der Waals surface area contributed by atoms with E-state index in [1.165, 1.54) is 7.11 Å². The predicted molar refractivity (Wildman–Crippen MR) is 91.2 cm³/mol. The zero-order valence-corrected chi connectivity index (χ0v) is 13.9. The molecule has 0 aliphatic carbocycles. The second-order valence-electron chi connectivity index (χ2n) is 5.20. The molecule has 7 heteroatoms. The van der Waals surface area contributed by atoms with Crippen molar-refractivity contribution in [3.8, 4) is 17.2 Å². The number of aliphatic imine (C=N–C) groups is 1. The fourth-order valence-electron chi connectivity index (χ4n) is 2.27. The van der Waals surface area contributed by atoms with Crippen LogP contribution in [-0.2, 0) is 11.3 Å². The molecule has 1 N–H and O–H groups in total. The second-order valence-corrected chi connectivity index (χ2v) is 5.20. The van der Waals surface area contributed by atoms with E-state index in [0.29, 0.717) is 29.4 Å². The van der Waals surface area contributed by atoms with Crippen LogP contribution in [0.5, 0.6) is 17.2 Å². The number of nitrogens with one attached hydrogen (secondary N) is 1. The first-order valence-corrected chi connectivity index (χ1v) is 7.62. The van der Waals surface area contributed by atoms with Gasteiger partial charge in [-0.05, 0) is 42.0 Å². The summed E-state index contributed by atoms with van der Waals surface area (Å²) in [7, 11) is 3.02. The predicted octanol–water partition coefficient (Wildman–Crippen LogP) is 2.36. The molecule has 1 heterocycles. The average molecular weight is 342 g/mol. The first kappa shape index (κ1) is 16.6. The molecule has 0 fully saturated rings. The van der Waals surface area contributed by atoms with Gasteiger partial charge in [0.2, 0.25) is 6.79 Å². The highest BCUT2D eigenvalue weighted by Crippen LogP contribution is 2.32. The lowest BCUT2D eigenvalue weighted by molar-refractivity contribution is 0.0968. The maximum Gasteiger partial charge on any atom is 0.291 e. The van der Waals surface area contributed by atoms with Gasteiger partial charge in [0, 0.05) is 5.56 Å². The average Bonchev–Trinajstić information content (AvgIpc) is 3.12. The minimum atomic E-state index is -0.311. The van der Waals surface area contributed by atoms with Crippen molar-refractivity contribution in [2.45, 2.75) is 6.54 Å². The van der Waals surface area contributed by atoms with Crippen molar-refractivity contribution in [2.75, 3.05) is 21.0 Å². The Morgan fingerprint density at radius 3 is 2.60 bits per heavy atom. The van der Waals surface area contributed by atoms with Crippen molar-refractivity contribution in [1.29, 1.82) is 0 Å². The summed E-state index contributed by atoms with van der Waals surface area (Å²) in [4.78, 5) is 16.5. The van der Waals surface area contributed by atoms with E-state index >= 15 is 0 Å². The van der Waals surface area contributed by atoms with E-state index in [1.54, 1.807) is 31.4 Å². The van der Waals surface area contributed by atoms with Crippen molar-refractivity contribution < 1.29 is 23.7 Å². The minimum absolute atomic E-state index is 0.137. The highest BCUT2D eigenvalue weighted by atomic mass is 16.7. The molecule has 0 saturated heterocycles. The number of methoxy groups -OCH3 is 2. The van der Waals surface area contributed by atoms with E-state index in [9.17, 15) is 4.79 Å². The number of amides is 1. The van der Waals surface area contributed by atoms with Gasteiger partial charge in [-0.15, -0.1) is 0 Å². The molecule has 130 valence electrons. The maximum absolute atomic E-state index is 12.2. The fourth-order valence-corrected chi connectivity index (χ4v) is 2.27. The van der Waals surface area contributed by atoms with Crippen LogP contribution in [0.1, 0.15) is 15.9 Å². The van der Waals surface area contributed by atoms with Gasteiger partial charge >= 0.3 is 0 Å². The Bertz CT molecular complexity index is 787. The van der Waals surface area contributed by atoms with Crippen LogP contribution in [0.15, 0.2) is 47.5 Å². The molecular weight excluding hydrogens is 324 g/mol. The molecular formula is C18H18N2O5. The zero-order chi connectivity index (χ0) is 17.6. The fraction of sp³-hybridized carbons (Fsp3) is 0.222. The van der Waals surface area contributed by atoms with Crippen molar-refractivity contribution in [3.05, 3.63) is 53.6 Å². The number of fused-ring (bicyclic) bond motifs is 1. The molecule has 1 aliphatic rings. The van der Waals surface area contributed by atoms with Crippen LogP contribution in [0.4, 0.5) is 0 Å². The van der Waals surface area contributed by atoms with Gasteiger partial charge < -0.3 is 18.9 Å². The Kier molecular flexibility index (Phi) is 5.03. The van der Waals surface area contributed by atoms with E-state index in [-0.39, 0.29) is 18.7 Å². The largest absolute Gasteiger partial charge is 0.497 e. The molecule has 0 spiro atoms. The van der Waals surface area contributed by atoms with Crippen LogP contribution in [0.3, 0.4) is 0 Å². The van der Waals surface area contributed by atoms with E-state index in [1.807, 2.05) is 18.2 Å². The smallest absolute Gasteiger partial charge is 0.291 e. The number of carbonyl (C=O) groups is 1. The quantitative estimate of drug-likeness (QED) is 0.682. The van der Waals surface area contributed by atoms with Crippen molar-refractivity contribution in [3.63, 3.8) is 0 Å². The van der Waals surface area contributed by atoms with Crippen LogP contribution >= 0.6 is 0 Å². The van der Waals surface area contributed by atoms with Gasteiger partial charge in [-0.25, -0.2) is 4.99 Å². The van der Waals surface area contributed by atoms with Crippen molar-refractivity contribution >= 4 is 11.9 Å². The Hall–Kier alpha value is -3.22. The molecule has 7 nitrogen and oxygen atoms in total. The Balaban J connectivity index is 1.64. The van der Waals surface area contributed by atoms with Gasteiger partial charge in [0.15, 0.2) is 11.5 Å². The summed E-state index contributed by atoms with van der Waals surface area (Å²) in [5, 5.41) is 2.64. The summed E-state index contributed by atoms with van der Waals surface area (Å²) in [5.74, 6) is 1.77. The molecule has 2 aromatic carbocycles. The summed E-state index contributed by atoms with van der Waals surface area (Å²) in [6, 6.07) is 12.5. The minimum Gasteiger partial charge on any atom is -0.497 e. The monoisotopic (exact) mass is 342 g/mol. The first-order valence-electron chi connectivity index (χ1n) is 7.62. The number of hydrogen-bond acceptors (Lipinski definition) is 6.